The largest absolute Gasteiger partial charge is 0.341 e. The molecule has 1 saturated carbocycles. The summed E-state index contributed by atoms with van der Waals surface area (Å²) >= 11 is 0. The van der Waals surface area contributed by atoms with Gasteiger partial charge in [-0.15, -0.1) is 0 Å². The summed E-state index contributed by atoms with van der Waals surface area (Å²) in [4.78, 5) is 23.7. The molecule has 1 aliphatic carbocycles. The lowest BCUT2D eigenvalue weighted by atomic mass is 10.1. The maximum absolute atomic E-state index is 11.9. The van der Waals surface area contributed by atoms with Crippen molar-refractivity contribution in [1.82, 2.24) is 10.7 Å². The molecule has 118 valence electrons. The van der Waals surface area contributed by atoms with Gasteiger partial charge in [0.2, 0.25) is 0 Å². The van der Waals surface area contributed by atoms with Gasteiger partial charge in [-0.3, -0.25) is 9.59 Å². The summed E-state index contributed by atoms with van der Waals surface area (Å²) in [6, 6.07) is 9.31. The molecule has 5 nitrogen and oxygen atoms in total. The van der Waals surface area contributed by atoms with E-state index in [1.54, 1.807) is 0 Å². The van der Waals surface area contributed by atoms with Gasteiger partial charge in [-0.05, 0) is 38.2 Å². The monoisotopic (exact) mass is 301 g/mol. The van der Waals surface area contributed by atoms with E-state index in [1.165, 1.54) is 12.8 Å². The minimum atomic E-state index is -0.709. The fraction of sp³-hybridized carbons (Fsp3) is 0.471. The van der Waals surface area contributed by atoms with Crippen molar-refractivity contribution in [2.24, 2.45) is 5.10 Å². The number of amides is 2. The molecule has 2 rings (SSSR count). The molecule has 0 heterocycles. The average Bonchev–Trinajstić information content (AvgIpc) is 2.82. The van der Waals surface area contributed by atoms with Gasteiger partial charge >= 0.3 is 11.8 Å². The Kier molecular flexibility index (Phi) is 6.13. The van der Waals surface area contributed by atoms with Crippen molar-refractivity contribution in [1.29, 1.82) is 0 Å². The van der Waals surface area contributed by atoms with Gasteiger partial charge in [0, 0.05) is 5.71 Å². The molecule has 0 radical (unpaired) electrons. The third-order valence-corrected chi connectivity index (χ3v) is 3.85. The lowest BCUT2D eigenvalue weighted by Crippen LogP contribution is -2.39. The van der Waals surface area contributed by atoms with Crippen LogP contribution in [0.15, 0.2) is 35.4 Å². The smallest absolute Gasteiger partial charge is 0.329 e. The van der Waals surface area contributed by atoms with Crippen molar-refractivity contribution in [3.05, 3.63) is 35.9 Å². The molecule has 0 bridgehead atoms. The van der Waals surface area contributed by atoms with Crippen LogP contribution in [-0.4, -0.2) is 17.5 Å². The minimum absolute atomic E-state index is 0.218. The number of rotatable bonds is 3. The van der Waals surface area contributed by atoms with Gasteiger partial charge in [-0.2, -0.15) is 5.10 Å². The normalized spacial score (nSPS) is 16.3. The maximum atomic E-state index is 11.9. The first-order valence-corrected chi connectivity index (χ1v) is 7.88. The Bertz CT molecular complexity index is 530. The van der Waals surface area contributed by atoms with Gasteiger partial charge in [0.1, 0.15) is 0 Å². The third kappa shape index (κ3) is 4.98. The molecule has 1 aromatic rings. The van der Waals surface area contributed by atoms with Crippen molar-refractivity contribution >= 4 is 17.5 Å². The summed E-state index contributed by atoms with van der Waals surface area (Å²) in [6.07, 6.45) is 6.44. The topological polar surface area (TPSA) is 70.6 Å². The number of benzene rings is 1. The zero-order valence-corrected chi connectivity index (χ0v) is 13.0. The molecule has 5 heteroatoms. The number of hydrogen-bond donors (Lipinski definition) is 2. The lowest BCUT2D eigenvalue weighted by Gasteiger charge is -2.13. The molecule has 1 fully saturated rings. The first kappa shape index (κ1) is 16.2. The van der Waals surface area contributed by atoms with E-state index in [4.69, 9.17) is 0 Å². The zero-order chi connectivity index (χ0) is 15.8. The number of hydrazone groups is 1. The first-order valence-electron chi connectivity index (χ1n) is 7.88. The van der Waals surface area contributed by atoms with Crippen LogP contribution in [0.25, 0.3) is 0 Å². The Morgan fingerprint density at radius 2 is 1.64 bits per heavy atom. The van der Waals surface area contributed by atoms with Crippen LogP contribution in [0.4, 0.5) is 0 Å². The summed E-state index contributed by atoms with van der Waals surface area (Å²) in [5, 5.41) is 6.78. The van der Waals surface area contributed by atoms with Crippen LogP contribution in [-0.2, 0) is 9.59 Å². The number of carbonyl (C=O) groups is 2. The minimum Gasteiger partial charge on any atom is -0.341 e. The molecule has 1 aromatic carbocycles. The second-order valence-corrected chi connectivity index (χ2v) is 5.64. The van der Waals surface area contributed by atoms with E-state index >= 15 is 0 Å². The summed E-state index contributed by atoms with van der Waals surface area (Å²) in [5.74, 6) is -1.37. The molecular formula is C17H23N3O2. The van der Waals surface area contributed by atoms with E-state index in [2.05, 4.69) is 15.8 Å². The summed E-state index contributed by atoms with van der Waals surface area (Å²) < 4.78 is 0. The fourth-order valence-corrected chi connectivity index (χ4v) is 2.52. The predicted octanol–water partition coefficient (Wildman–Crippen LogP) is 2.69. The zero-order valence-electron chi connectivity index (χ0n) is 13.0. The molecule has 0 aromatic heterocycles. The molecule has 0 aliphatic heterocycles. The van der Waals surface area contributed by atoms with Crippen molar-refractivity contribution < 1.29 is 9.59 Å². The van der Waals surface area contributed by atoms with Crippen LogP contribution in [0.1, 0.15) is 57.1 Å². The Balaban J connectivity index is 1.84. The van der Waals surface area contributed by atoms with Crippen LogP contribution in [0.2, 0.25) is 0 Å². The van der Waals surface area contributed by atoms with Crippen LogP contribution in [0, 0.1) is 0 Å². The highest BCUT2D eigenvalue weighted by molar-refractivity contribution is 6.35. The molecule has 0 saturated heterocycles. The number of hydrogen-bond acceptors (Lipinski definition) is 3. The molecule has 1 atom stereocenters. The Morgan fingerprint density at radius 3 is 2.27 bits per heavy atom. The molecule has 0 unspecified atom stereocenters. The van der Waals surface area contributed by atoms with Crippen molar-refractivity contribution in [2.45, 2.75) is 51.5 Å². The van der Waals surface area contributed by atoms with Crippen LogP contribution in [0.5, 0.6) is 0 Å². The van der Waals surface area contributed by atoms with E-state index in [-0.39, 0.29) is 6.04 Å². The molecule has 1 aliphatic rings. The molecule has 22 heavy (non-hydrogen) atoms. The second kappa shape index (κ2) is 8.32. The quantitative estimate of drug-likeness (QED) is 0.512. The summed E-state index contributed by atoms with van der Waals surface area (Å²) in [7, 11) is 0. The fourth-order valence-electron chi connectivity index (χ4n) is 2.52. The van der Waals surface area contributed by atoms with Gasteiger partial charge in [0.15, 0.2) is 0 Å². The number of nitrogens with zero attached hydrogens (tertiary/aromatic N) is 1. The molecule has 0 spiro atoms. The van der Waals surface area contributed by atoms with Crippen molar-refractivity contribution in [2.75, 3.05) is 0 Å². The highest BCUT2D eigenvalue weighted by atomic mass is 16.2. The average molecular weight is 301 g/mol. The van der Waals surface area contributed by atoms with E-state index in [0.29, 0.717) is 0 Å². The Hall–Kier alpha value is -2.17. The standard InChI is InChI=1S/C17H23N3O2/c1-13(14-9-5-4-6-10-14)18-16(21)17(22)20-19-15-11-7-2-3-8-12-15/h4-6,9-10,13H,2-3,7-8,11-12H2,1H3,(H,18,21)(H,20,22)/t13-/m1/s1. The lowest BCUT2D eigenvalue weighted by molar-refractivity contribution is -0.139. The van der Waals surface area contributed by atoms with Gasteiger partial charge in [0.25, 0.3) is 0 Å². The molecule has 2 N–H and O–H groups in total. The Labute approximate surface area is 131 Å². The SMILES string of the molecule is C[C@@H](NC(=O)C(=O)NN=C1CCCCCC1)c1ccccc1. The van der Waals surface area contributed by atoms with Gasteiger partial charge < -0.3 is 5.32 Å². The maximum Gasteiger partial charge on any atom is 0.329 e. The first-order chi connectivity index (χ1) is 10.7. The second-order valence-electron chi connectivity index (χ2n) is 5.64. The van der Waals surface area contributed by atoms with Crippen LogP contribution >= 0.6 is 0 Å². The van der Waals surface area contributed by atoms with Gasteiger partial charge in [-0.25, -0.2) is 5.43 Å². The highest BCUT2D eigenvalue weighted by Crippen LogP contribution is 2.14. The highest BCUT2D eigenvalue weighted by Gasteiger charge is 2.17. The van der Waals surface area contributed by atoms with Crippen LogP contribution < -0.4 is 10.7 Å². The van der Waals surface area contributed by atoms with E-state index < -0.39 is 11.8 Å². The molecular weight excluding hydrogens is 278 g/mol. The predicted molar refractivity (Wildman–Crippen MR) is 86.3 cm³/mol. The number of carbonyl (C=O) groups excluding carboxylic acids is 2. The van der Waals surface area contributed by atoms with Crippen LogP contribution in [0.3, 0.4) is 0 Å². The van der Waals surface area contributed by atoms with Gasteiger partial charge in [-0.1, -0.05) is 43.2 Å². The van der Waals surface area contributed by atoms with E-state index in [9.17, 15) is 9.59 Å². The van der Waals surface area contributed by atoms with Crippen molar-refractivity contribution in [3.63, 3.8) is 0 Å². The summed E-state index contributed by atoms with van der Waals surface area (Å²) in [6.45, 7) is 1.84. The van der Waals surface area contributed by atoms with E-state index in [1.807, 2.05) is 37.3 Å². The molecule has 2 amide bonds. The Morgan fingerprint density at radius 1 is 1.00 bits per heavy atom. The summed E-state index contributed by atoms with van der Waals surface area (Å²) in [5.41, 5.74) is 4.31. The number of nitrogens with one attached hydrogen (secondary N) is 2. The van der Waals surface area contributed by atoms with Gasteiger partial charge in [0.05, 0.1) is 6.04 Å². The van der Waals surface area contributed by atoms with Crippen molar-refractivity contribution in [3.8, 4) is 0 Å². The third-order valence-electron chi connectivity index (χ3n) is 3.85. The van der Waals surface area contributed by atoms with E-state index in [0.717, 1.165) is 37.0 Å².